The molecule has 0 bridgehead atoms. The van der Waals surface area contributed by atoms with Crippen molar-refractivity contribution in [3.8, 4) is 5.69 Å². The van der Waals surface area contributed by atoms with Gasteiger partial charge in [0.2, 0.25) is 0 Å². The summed E-state index contributed by atoms with van der Waals surface area (Å²) in [5.41, 5.74) is 7.73. The van der Waals surface area contributed by atoms with Crippen molar-refractivity contribution in [2.75, 3.05) is 14.1 Å². The number of aromatic nitrogens is 2. The Morgan fingerprint density at radius 1 is 1.18 bits per heavy atom. The third-order valence-corrected chi connectivity index (χ3v) is 6.16. The van der Waals surface area contributed by atoms with E-state index in [-0.39, 0.29) is 5.56 Å². The quantitative estimate of drug-likeness (QED) is 0.827. The molecule has 2 aliphatic carbocycles. The Hall–Kier alpha value is -2.69. The monoisotopic (exact) mass is 374 g/mol. The Morgan fingerprint density at radius 3 is 2.68 bits per heavy atom. The van der Waals surface area contributed by atoms with Crippen molar-refractivity contribution in [1.82, 2.24) is 14.5 Å². The van der Waals surface area contributed by atoms with Crippen LogP contribution in [0.25, 0.3) is 5.69 Å². The summed E-state index contributed by atoms with van der Waals surface area (Å²) < 4.78 is 1.68. The summed E-state index contributed by atoms with van der Waals surface area (Å²) >= 11 is 0. The third kappa shape index (κ3) is 2.72. The molecule has 0 saturated heterocycles. The molecule has 2 unspecified atom stereocenters. The van der Waals surface area contributed by atoms with E-state index in [1.54, 1.807) is 10.9 Å². The van der Waals surface area contributed by atoms with E-state index in [4.69, 9.17) is 9.98 Å². The van der Waals surface area contributed by atoms with Gasteiger partial charge < -0.3 is 4.90 Å². The van der Waals surface area contributed by atoms with Gasteiger partial charge in [0.15, 0.2) is 0 Å². The molecule has 1 aromatic heterocycles. The maximum Gasteiger partial charge on any atom is 0.261 e. The Balaban J connectivity index is 1.55. The number of aryl methyl sites for hydroxylation is 1. The molecule has 0 spiro atoms. The highest BCUT2D eigenvalue weighted by atomic mass is 16.1. The molecular formula is C23H26N4O. The van der Waals surface area contributed by atoms with Crippen LogP contribution in [0, 0.1) is 5.92 Å². The van der Waals surface area contributed by atoms with Crippen LogP contribution in [0.4, 0.5) is 0 Å². The summed E-state index contributed by atoms with van der Waals surface area (Å²) in [6.07, 6.45) is 6.33. The predicted molar refractivity (Wildman–Crippen MR) is 111 cm³/mol. The van der Waals surface area contributed by atoms with Gasteiger partial charge in [-0.05, 0) is 36.1 Å². The van der Waals surface area contributed by atoms with E-state index in [0.717, 1.165) is 48.3 Å². The number of benzene rings is 1. The van der Waals surface area contributed by atoms with E-state index in [1.165, 1.54) is 16.8 Å². The minimum Gasteiger partial charge on any atom is -0.380 e. The lowest BCUT2D eigenvalue weighted by Gasteiger charge is -2.29. The van der Waals surface area contributed by atoms with Crippen molar-refractivity contribution in [3.05, 3.63) is 69.0 Å². The predicted octanol–water partition coefficient (Wildman–Crippen LogP) is 2.94. The van der Waals surface area contributed by atoms with E-state index in [9.17, 15) is 4.79 Å². The third-order valence-electron chi connectivity index (χ3n) is 6.16. The first-order chi connectivity index (χ1) is 13.6. The molecule has 2 heterocycles. The van der Waals surface area contributed by atoms with Crippen LogP contribution in [-0.4, -0.2) is 40.3 Å². The van der Waals surface area contributed by atoms with E-state index >= 15 is 0 Å². The molecule has 5 rings (SSSR count). The first kappa shape index (κ1) is 17.4. The average molecular weight is 374 g/mol. The van der Waals surface area contributed by atoms with Crippen molar-refractivity contribution >= 4 is 5.71 Å². The maximum atomic E-state index is 13.2. The number of hydrogen-bond donors (Lipinski definition) is 0. The van der Waals surface area contributed by atoms with Crippen LogP contribution in [0.2, 0.25) is 0 Å². The largest absolute Gasteiger partial charge is 0.380 e. The van der Waals surface area contributed by atoms with Crippen LogP contribution in [-0.2, 0) is 19.3 Å². The van der Waals surface area contributed by atoms with Crippen LogP contribution < -0.4 is 5.56 Å². The van der Waals surface area contributed by atoms with Gasteiger partial charge in [0.1, 0.15) is 6.33 Å². The number of dihydropyridines is 1. The molecule has 0 N–H and O–H groups in total. The smallest absolute Gasteiger partial charge is 0.261 e. The molecule has 2 atom stereocenters. The number of hydrogen-bond acceptors (Lipinski definition) is 4. The van der Waals surface area contributed by atoms with Crippen molar-refractivity contribution in [2.24, 2.45) is 10.9 Å². The van der Waals surface area contributed by atoms with E-state index in [1.807, 2.05) is 12.1 Å². The lowest BCUT2D eigenvalue weighted by molar-refractivity contribution is 0.465. The van der Waals surface area contributed by atoms with E-state index < -0.39 is 0 Å². The second-order valence-corrected chi connectivity index (χ2v) is 8.36. The minimum atomic E-state index is 0.0410. The van der Waals surface area contributed by atoms with Crippen molar-refractivity contribution in [2.45, 2.75) is 45.1 Å². The molecule has 28 heavy (non-hydrogen) atoms. The van der Waals surface area contributed by atoms with Crippen LogP contribution in [0.15, 0.2) is 51.6 Å². The molecule has 5 nitrogen and oxygen atoms in total. The van der Waals surface area contributed by atoms with E-state index in [0.29, 0.717) is 18.4 Å². The standard InChI is InChI=1S/C23H26N4O/c1-4-5-14-6-8-15(9-7-14)27-13-24-19-10-16-21(12-18(19)23(27)28)25-20-11-17(20)22(16)26(2)3/h6-9,13,17,20H,4-5,10-12H2,1-3H3. The summed E-state index contributed by atoms with van der Waals surface area (Å²) in [7, 11) is 4.23. The molecule has 1 fully saturated rings. The topological polar surface area (TPSA) is 50.5 Å². The highest BCUT2D eigenvalue weighted by molar-refractivity contribution is 6.05. The van der Waals surface area contributed by atoms with Gasteiger partial charge in [-0.25, -0.2) is 4.98 Å². The van der Waals surface area contributed by atoms with Gasteiger partial charge in [-0.2, -0.15) is 0 Å². The molecule has 0 radical (unpaired) electrons. The van der Waals surface area contributed by atoms with Gasteiger partial charge in [0.05, 0.1) is 17.4 Å². The van der Waals surface area contributed by atoms with Crippen LogP contribution in [0.3, 0.4) is 0 Å². The maximum absolute atomic E-state index is 13.2. The van der Waals surface area contributed by atoms with Crippen molar-refractivity contribution in [3.63, 3.8) is 0 Å². The van der Waals surface area contributed by atoms with Gasteiger partial charge in [-0.3, -0.25) is 14.4 Å². The Kier molecular flexibility index (Phi) is 4.00. The molecule has 5 heteroatoms. The molecule has 1 aliphatic heterocycles. The molecule has 2 aromatic rings. The SMILES string of the molecule is CCCc1ccc(-n2cnc3c(c2=O)CC2=NC4CC4C(N(C)C)=C2C3)cc1. The zero-order valence-corrected chi connectivity index (χ0v) is 16.8. The Morgan fingerprint density at radius 2 is 1.96 bits per heavy atom. The summed E-state index contributed by atoms with van der Waals surface area (Å²) in [6, 6.07) is 8.67. The first-order valence-electron chi connectivity index (χ1n) is 10.2. The zero-order chi connectivity index (χ0) is 19.4. The first-order valence-corrected chi connectivity index (χ1v) is 10.2. The lowest BCUT2D eigenvalue weighted by atomic mass is 9.86. The van der Waals surface area contributed by atoms with Gasteiger partial charge in [-0.15, -0.1) is 0 Å². The second-order valence-electron chi connectivity index (χ2n) is 8.36. The summed E-state index contributed by atoms with van der Waals surface area (Å²) in [6.45, 7) is 2.17. The van der Waals surface area contributed by atoms with Gasteiger partial charge in [0.25, 0.3) is 5.56 Å². The van der Waals surface area contributed by atoms with Crippen LogP contribution in [0.1, 0.15) is 36.6 Å². The fourth-order valence-corrected chi connectivity index (χ4v) is 4.70. The number of aliphatic imine (C=N–C) groups is 1. The Labute approximate surface area is 165 Å². The lowest BCUT2D eigenvalue weighted by Crippen LogP contribution is -2.34. The highest BCUT2D eigenvalue weighted by Gasteiger charge is 2.47. The molecule has 1 aromatic carbocycles. The summed E-state index contributed by atoms with van der Waals surface area (Å²) in [5.74, 6) is 0.567. The summed E-state index contributed by atoms with van der Waals surface area (Å²) in [5, 5.41) is 0. The van der Waals surface area contributed by atoms with Crippen LogP contribution in [0.5, 0.6) is 0 Å². The Bertz CT molecular complexity index is 1060. The molecular weight excluding hydrogens is 348 g/mol. The zero-order valence-electron chi connectivity index (χ0n) is 16.8. The number of rotatable bonds is 4. The second kappa shape index (κ2) is 6.43. The minimum absolute atomic E-state index is 0.0410. The molecule has 3 aliphatic rings. The fourth-order valence-electron chi connectivity index (χ4n) is 4.70. The molecule has 1 saturated carbocycles. The van der Waals surface area contributed by atoms with Crippen molar-refractivity contribution in [1.29, 1.82) is 0 Å². The highest BCUT2D eigenvalue weighted by Crippen LogP contribution is 2.47. The van der Waals surface area contributed by atoms with E-state index in [2.05, 4.69) is 38.1 Å². The normalized spacial score (nSPS) is 22.2. The fraction of sp³-hybridized carbons (Fsp3) is 0.435. The van der Waals surface area contributed by atoms with Crippen molar-refractivity contribution < 1.29 is 0 Å². The molecule has 0 amide bonds. The number of fused-ring (bicyclic) bond motifs is 3. The van der Waals surface area contributed by atoms with Gasteiger partial charge >= 0.3 is 0 Å². The van der Waals surface area contributed by atoms with Gasteiger partial charge in [0, 0.05) is 49.8 Å². The summed E-state index contributed by atoms with van der Waals surface area (Å²) in [4.78, 5) is 25.1. The van der Waals surface area contributed by atoms with Gasteiger partial charge in [-0.1, -0.05) is 25.5 Å². The number of nitrogens with zero attached hydrogens (tertiary/aromatic N) is 4. The number of allylic oxidation sites excluding steroid dienone is 1. The average Bonchev–Trinajstić information content (AvgIpc) is 3.45. The van der Waals surface area contributed by atoms with Crippen LogP contribution >= 0.6 is 0 Å². The molecule has 144 valence electrons.